The maximum absolute atomic E-state index is 11.8. The highest BCUT2D eigenvalue weighted by molar-refractivity contribution is 9.10. The second-order valence-electron chi connectivity index (χ2n) is 4.57. The first-order valence-electron chi connectivity index (χ1n) is 6.55. The van der Waals surface area contributed by atoms with Crippen molar-refractivity contribution in [2.24, 2.45) is 0 Å². The number of rotatable bonds is 6. The molecule has 0 fully saturated rings. The summed E-state index contributed by atoms with van der Waals surface area (Å²) in [6.07, 6.45) is 4.34. The summed E-state index contributed by atoms with van der Waals surface area (Å²) in [7, 11) is 0. The predicted octanol–water partition coefficient (Wildman–Crippen LogP) is 3.56. The lowest BCUT2D eigenvalue weighted by Gasteiger charge is -2.06. The number of carbonyl (C=O) groups excluding carboxylic acids is 2. The van der Waals surface area contributed by atoms with Crippen LogP contribution in [0.3, 0.4) is 0 Å². The van der Waals surface area contributed by atoms with E-state index in [1.165, 1.54) is 0 Å². The molecule has 0 saturated heterocycles. The quantitative estimate of drug-likeness (QED) is 0.460. The lowest BCUT2D eigenvalue weighted by atomic mass is 10.2. The van der Waals surface area contributed by atoms with Gasteiger partial charge in [0.15, 0.2) is 6.29 Å². The Morgan fingerprint density at radius 1 is 1.45 bits per heavy atom. The Bertz CT molecular complexity index is 633. The van der Waals surface area contributed by atoms with Crippen molar-refractivity contribution in [3.63, 3.8) is 0 Å². The fourth-order valence-electron chi connectivity index (χ4n) is 2.04. The molecule has 0 radical (unpaired) electrons. The molecule has 0 N–H and O–H groups in total. The van der Waals surface area contributed by atoms with Crippen molar-refractivity contribution in [3.05, 3.63) is 34.4 Å². The standard InChI is InChI=1S/C15H16BrNO3/c1-2-3-6-20-15(19)9-17-8-11(10-18)13-7-12(16)4-5-14(13)17/h4-5,7-8,10H,2-3,6,9H2,1H3. The molecule has 1 aromatic carbocycles. The zero-order chi connectivity index (χ0) is 14.5. The SMILES string of the molecule is CCCCOC(=O)Cn1cc(C=O)c2cc(Br)ccc21. The molecule has 2 aromatic rings. The average Bonchev–Trinajstić information content (AvgIpc) is 2.76. The molecule has 2 rings (SSSR count). The number of hydrogen-bond acceptors (Lipinski definition) is 3. The summed E-state index contributed by atoms with van der Waals surface area (Å²) < 4.78 is 7.79. The number of ether oxygens (including phenoxy) is 1. The number of aromatic nitrogens is 1. The summed E-state index contributed by atoms with van der Waals surface area (Å²) in [6, 6.07) is 5.64. The van der Waals surface area contributed by atoms with Crippen LogP contribution < -0.4 is 0 Å². The van der Waals surface area contributed by atoms with E-state index in [1.54, 1.807) is 10.8 Å². The number of benzene rings is 1. The molecule has 0 atom stereocenters. The zero-order valence-corrected chi connectivity index (χ0v) is 12.9. The number of aldehydes is 1. The molecule has 106 valence electrons. The molecule has 1 aromatic heterocycles. The van der Waals surface area contributed by atoms with Crippen molar-refractivity contribution < 1.29 is 14.3 Å². The summed E-state index contributed by atoms with van der Waals surface area (Å²) >= 11 is 3.38. The monoisotopic (exact) mass is 337 g/mol. The Morgan fingerprint density at radius 3 is 2.95 bits per heavy atom. The van der Waals surface area contributed by atoms with Crippen LogP contribution >= 0.6 is 15.9 Å². The molecule has 0 aliphatic carbocycles. The number of unbranched alkanes of at least 4 members (excludes halogenated alkanes) is 1. The van der Waals surface area contributed by atoms with Crippen molar-refractivity contribution >= 4 is 39.1 Å². The Labute approximate surface area is 125 Å². The number of hydrogen-bond donors (Lipinski definition) is 0. The van der Waals surface area contributed by atoms with E-state index < -0.39 is 0 Å². The van der Waals surface area contributed by atoms with Gasteiger partial charge < -0.3 is 9.30 Å². The van der Waals surface area contributed by atoms with Crippen molar-refractivity contribution in [1.82, 2.24) is 4.57 Å². The number of fused-ring (bicyclic) bond motifs is 1. The van der Waals surface area contributed by atoms with Gasteiger partial charge in [0.05, 0.1) is 6.61 Å². The van der Waals surface area contributed by atoms with Gasteiger partial charge in [-0.15, -0.1) is 0 Å². The highest BCUT2D eigenvalue weighted by Gasteiger charge is 2.11. The van der Waals surface area contributed by atoms with Crippen molar-refractivity contribution in [2.45, 2.75) is 26.3 Å². The smallest absolute Gasteiger partial charge is 0.325 e. The number of carbonyl (C=O) groups is 2. The number of esters is 1. The molecule has 0 bridgehead atoms. The normalized spacial score (nSPS) is 10.7. The molecular weight excluding hydrogens is 322 g/mol. The van der Waals surface area contributed by atoms with Crippen LogP contribution in [0.1, 0.15) is 30.1 Å². The molecule has 0 spiro atoms. The zero-order valence-electron chi connectivity index (χ0n) is 11.3. The largest absolute Gasteiger partial charge is 0.464 e. The molecule has 20 heavy (non-hydrogen) atoms. The van der Waals surface area contributed by atoms with E-state index in [4.69, 9.17) is 4.74 Å². The molecule has 0 aliphatic heterocycles. The van der Waals surface area contributed by atoms with Gasteiger partial charge in [-0.05, 0) is 24.6 Å². The Morgan fingerprint density at radius 2 is 2.25 bits per heavy atom. The minimum atomic E-state index is -0.282. The minimum Gasteiger partial charge on any atom is -0.464 e. The van der Waals surface area contributed by atoms with Crippen LogP contribution in [0, 0.1) is 0 Å². The van der Waals surface area contributed by atoms with Gasteiger partial charge in [-0.2, -0.15) is 0 Å². The van der Waals surface area contributed by atoms with Crippen LogP contribution in [0.5, 0.6) is 0 Å². The van der Waals surface area contributed by atoms with Crippen molar-refractivity contribution in [3.8, 4) is 0 Å². The van der Waals surface area contributed by atoms with E-state index in [1.807, 2.05) is 25.1 Å². The first-order valence-corrected chi connectivity index (χ1v) is 7.34. The second-order valence-corrected chi connectivity index (χ2v) is 5.48. The first kappa shape index (κ1) is 14.8. The van der Waals surface area contributed by atoms with Crippen LogP contribution in [0.4, 0.5) is 0 Å². The fraction of sp³-hybridized carbons (Fsp3) is 0.333. The maximum Gasteiger partial charge on any atom is 0.325 e. The average molecular weight is 338 g/mol. The Balaban J connectivity index is 2.22. The molecular formula is C15H16BrNO3. The summed E-state index contributed by atoms with van der Waals surface area (Å²) in [6.45, 7) is 2.61. The topological polar surface area (TPSA) is 48.3 Å². The third-order valence-electron chi connectivity index (χ3n) is 3.06. The van der Waals surface area contributed by atoms with Gasteiger partial charge in [0, 0.05) is 27.1 Å². The van der Waals surface area contributed by atoms with Crippen molar-refractivity contribution in [1.29, 1.82) is 0 Å². The first-order chi connectivity index (χ1) is 9.65. The van der Waals surface area contributed by atoms with E-state index >= 15 is 0 Å². The van der Waals surface area contributed by atoms with Crippen LogP contribution in [0.15, 0.2) is 28.9 Å². The van der Waals surface area contributed by atoms with Crippen LogP contribution in [0.25, 0.3) is 10.9 Å². The number of halogens is 1. The molecule has 0 unspecified atom stereocenters. The minimum absolute atomic E-state index is 0.121. The second kappa shape index (κ2) is 6.70. The van der Waals surface area contributed by atoms with Gasteiger partial charge in [0.25, 0.3) is 0 Å². The maximum atomic E-state index is 11.8. The van der Waals surface area contributed by atoms with E-state index in [-0.39, 0.29) is 12.5 Å². The Kier molecular flexibility index (Phi) is 4.95. The highest BCUT2D eigenvalue weighted by Crippen LogP contribution is 2.24. The van der Waals surface area contributed by atoms with Crippen LogP contribution in [-0.2, 0) is 16.1 Å². The molecule has 0 aliphatic rings. The summed E-state index contributed by atoms with van der Waals surface area (Å²) in [5.41, 5.74) is 1.42. The predicted molar refractivity (Wildman–Crippen MR) is 80.9 cm³/mol. The van der Waals surface area contributed by atoms with Gasteiger partial charge in [-0.3, -0.25) is 9.59 Å². The molecule has 0 amide bonds. The summed E-state index contributed by atoms with van der Waals surface area (Å²) in [4.78, 5) is 22.9. The highest BCUT2D eigenvalue weighted by atomic mass is 79.9. The number of nitrogens with zero attached hydrogens (tertiary/aromatic N) is 1. The van der Waals surface area contributed by atoms with Gasteiger partial charge >= 0.3 is 5.97 Å². The van der Waals surface area contributed by atoms with E-state index in [0.29, 0.717) is 12.2 Å². The Hall–Kier alpha value is -1.62. The summed E-state index contributed by atoms with van der Waals surface area (Å²) in [5, 5.41) is 0.829. The van der Waals surface area contributed by atoms with Gasteiger partial charge in [0.2, 0.25) is 0 Å². The lowest BCUT2D eigenvalue weighted by Crippen LogP contribution is -2.13. The van der Waals surface area contributed by atoms with Crippen molar-refractivity contribution in [2.75, 3.05) is 6.61 Å². The van der Waals surface area contributed by atoms with E-state index in [9.17, 15) is 9.59 Å². The van der Waals surface area contributed by atoms with Gasteiger partial charge in [-0.1, -0.05) is 29.3 Å². The fourth-order valence-corrected chi connectivity index (χ4v) is 2.40. The van der Waals surface area contributed by atoms with Gasteiger partial charge in [0.1, 0.15) is 6.54 Å². The molecule has 4 nitrogen and oxygen atoms in total. The molecule has 1 heterocycles. The van der Waals surface area contributed by atoms with E-state index in [0.717, 1.165) is 34.5 Å². The van der Waals surface area contributed by atoms with Gasteiger partial charge in [-0.25, -0.2) is 0 Å². The molecule has 5 heteroatoms. The lowest BCUT2D eigenvalue weighted by molar-refractivity contribution is -0.144. The van der Waals surface area contributed by atoms with Crippen LogP contribution in [0.2, 0.25) is 0 Å². The third kappa shape index (κ3) is 3.28. The third-order valence-corrected chi connectivity index (χ3v) is 3.55. The van der Waals surface area contributed by atoms with E-state index in [2.05, 4.69) is 15.9 Å². The summed E-state index contributed by atoms with van der Waals surface area (Å²) in [5.74, 6) is -0.282. The molecule has 0 saturated carbocycles. The van der Waals surface area contributed by atoms with Crippen LogP contribution in [-0.4, -0.2) is 23.4 Å².